The quantitative estimate of drug-likeness (QED) is 0.492. The first-order valence-electron chi connectivity index (χ1n) is 12.8. The number of aromatic nitrogens is 1. The van der Waals surface area contributed by atoms with Gasteiger partial charge in [0.25, 0.3) is 0 Å². The molecule has 33 heavy (non-hydrogen) atoms. The second-order valence-electron chi connectivity index (χ2n) is 10.3. The highest BCUT2D eigenvalue weighted by Gasteiger charge is 2.19. The molecule has 2 fully saturated rings. The van der Waals surface area contributed by atoms with Crippen LogP contribution in [-0.4, -0.2) is 67.9 Å². The van der Waals surface area contributed by atoms with Crippen molar-refractivity contribution >= 4 is 21.8 Å². The van der Waals surface area contributed by atoms with E-state index in [0.29, 0.717) is 11.8 Å². The number of likely N-dealkylation sites (tertiary alicyclic amines) is 2. The van der Waals surface area contributed by atoms with Crippen molar-refractivity contribution in [1.82, 2.24) is 14.4 Å². The Morgan fingerprint density at radius 2 is 1.24 bits per heavy atom. The van der Waals surface area contributed by atoms with Gasteiger partial charge < -0.3 is 23.8 Å². The molecule has 3 aromatic rings. The summed E-state index contributed by atoms with van der Waals surface area (Å²) in [4.78, 5) is 4.84. The van der Waals surface area contributed by atoms with Crippen LogP contribution in [0, 0.1) is 11.8 Å². The van der Waals surface area contributed by atoms with E-state index in [2.05, 4.69) is 71.8 Å². The van der Waals surface area contributed by atoms with Crippen LogP contribution >= 0.6 is 0 Å². The Labute approximate surface area is 198 Å². The summed E-state index contributed by atoms with van der Waals surface area (Å²) in [6.45, 7) is 9.44. The van der Waals surface area contributed by atoms with E-state index >= 15 is 0 Å². The Morgan fingerprint density at radius 3 is 1.67 bits per heavy atom. The first-order valence-corrected chi connectivity index (χ1v) is 12.8. The molecule has 0 radical (unpaired) electrons. The van der Waals surface area contributed by atoms with Crippen molar-refractivity contribution in [3.63, 3.8) is 0 Å². The Morgan fingerprint density at radius 1 is 0.758 bits per heavy atom. The van der Waals surface area contributed by atoms with Crippen molar-refractivity contribution in [2.75, 3.05) is 53.5 Å². The van der Waals surface area contributed by atoms with Gasteiger partial charge >= 0.3 is 0 Å². The minimum absolute atomic E-state index is 0.621. The van der Waals surface area contributed by atoms with E-state index in [1.54, 1.807) is 0 Å². The van der Waals surface area contributed by atoms with E-state index < -0.39 is 0 Å². The van der Waals surface area contributed by atoms with Crippen molar-refractivity contribution in [2.24, 2.45) is 11.8 Å². The summed E-state index contributed by atoms with van der Waals surface area (Å²) < 4.78 is 15.0. The van der Waals surface area contributed by atoms with Crippen LogP contribution in [0.2, 0.25) is 0 Å². The monoisotopic (exact) mass is 449 g/mol. The molecule has 5 heteroatoms. The maximum atomic E-state index is 6.29. The standard InChI is InChI=1S/C28H39N3O2/c1-4-31-27-11-9-23(32-19-21-7-5-13-29(2)17-21)15-25(27)26-16-24(10-12-28(26)31)33-20-22-8-6-14-30(3)18-22/h9-12,15-16,21-22H,4-8,13-14,17-20H2,1-3H3. The molecule has 2 aliphatic rings. The molecule has 178 valence electrons. The summed E-state index contributed by atoms with van der Waals surface area (Å²) in [6.07, 6.45) is 5.07. The second-order valence-corrected chi connectivity index (χ2v) is 10.3. The number of fused-ring (bicyclic) bond motifs is 3. The lowest BCUT2D eigenvalue weighted by Crippen LogP contribution is -2.34. The maximum absolute atomic E-state index is 6.29. The Hall–Kier alpha value is -2.24. The number of aryl methyl sites for hydroxylation is 1. The van der Waals surface area contributed by atoms with Gasteiger partial charge in [0.1, 0.15) is 11.5 Å². The summed E-state index contributed by atoms with van der Waals surface area (Å²) in [5.74, 6) is 3.19. The van der Waals surface area contributed by atoms with Crippen LogP contribution in [-0.2, 0) is 6.54 Å². The average Bonchev–Trinajstić information content (AvgIpc) is 3.14. The van der Waals surface area contributed by atoms with Gasteiger partial charge in [-0.15, -0.1) is 0 Å². The number of ether oxygens (including phenoxy) is 2. The number of hydrogen-bond acceptors (Lipinski definition) is 4. The third kappa shape index (κ3) is 4.99. The number of hydrogen-bond donors (Lipinski definition) is 0. The van der Waals surface area contributed by atoms with Gasteiger partial charge in [0.15, 0.2) is 0 Å². The van der Waals surface area contributed by atoms with Gasteiger partial charge in [-0.05, 0) is 96.2 Å². The molecule has 2 aromatic carbocycles. The van der Waals surface area contributed by atoms with Crippen molar-refractivity contribution < 1.29 is 9.47 Å². The summed E-state index contributed by atoms with van der Waals surface area (Å²) in [7, 11) is 4.42. The minimum atomic E-state index is 0.621. The molecule has 3 heterocycles. The van der Waals surface area contributed by atoms with E-state index in [-0.39, 0.29) is 0 Å². The molecule has 2 unspecified atom stereocenters. The van der Waals surface area contributed by atoms with Crippen LogP contribution in [0.4, 0.5) is 0 Å². The number of nitrogens with zero attached hydrogens (tertiary/aromatic N) is 3. The largest absolute Gasteiger partial charge is 0.493 e. The van der Waals surface area contributed by atoms with Gasteiger partial charge in [0.2, 0.25) is 0 Å². The van der Waals surface area contributed by atoms with Crippen molar-refractivity contribution in [1.29, 1.82) is 0 Å². The molecule has 0 amide bonds. The fourth-order valence-corrected chi connectivity index (χ4v) is 5.83. The van der Waals surface area contributed by atoms with E-state index in [0.717, 1.165) is 44.3 Å². The Kier molecular flexibility index (Phi) is 6.79. The summed E-state index contributed by atoms with van der Waals surface area (Å²) >= 11 is 0. The molecular weight excluding hydrogens is 410 g/mol. The van der Waals surface area contributed by atoms with Crippen LogP contribution in [0.1, 0.15) is 32.6 Å². The predicted molar refractivity (Wildman–Crippen MR) is 137 cm³/mol. The van der Waals surface area contributed by atoms with E-state index in [1.165, 1.54) is 60.6 Å². The van der Waals surface area contributed by atoms with Gasteiger partial charge in [-0.25, -0.2) is 0 Å². The third-order valence-electron chi connectivity index (χ3n) is 7.54. The molecule has 5 nitrogen and oxygen atoms in total. The number of piperidine rings is 2. The molecule has 0 spiro atoms. The molecule has 0 bridgehead atoms. The van der Waals surface area contributed by atoms with Crippen LogP contribution in [0.25, 0.3) is 21.8 Å². The normalized spacial score (nSPS) is 22.8. The average molecular weight is 450 g/mol. The maximum Gasteiger partial charge on any atom is 0.120 e. The molecule has 2 saturated heterocycles. The smallest absolute Gasteiger partial charge is 0.120 e. The summed E-state index contributed by atoms with van der Waals surface area (Å²) in [6, 6.07) is 13.2. The van der Waals surface area contributed by atoms with Gasteiger partial charge in [-0.3, -0.25) is 0 Å². The molecule has 0 aliphatic carbocycles. The van der Waals surface area contributed by atoms with Crippen LogP contribution in [0.15, 0.2) is 36.4 Å². The Balaban J connectivity index is 1.36. The van der Waals surface area contributed by atoms with E-state index in [4.69, 9.17) is 9.47 Å². The highest BCUT2D eigenvalue weighted by molar-refractivity contribution is 6.09. The zero-order valence-corrected chi connectivity index (χ0v) is 20.6. The highest BCUT2D eigenvalue weighted by Crippen LogP contribution is 2.34. The predicted octanol–water partition coefficient (Wildman–Crippen LogP) is 5.26. The van der Waals surface area contributed by atoms with Crippen molar-refractivity contribution in [3.05, 3.63) is 36.4 Å². The molecule has 2 aliphatic heterocycles. The van der Waals surface area contributed by atoms with Gasteiger partial charge in [-0.2, -0.15) is 0 Å². The molecule has 1 aromatic heterocycles. The first-order chi connectivity index (χ1) is 16.1. The zero-order valence-electron chi connectivity index (χ0n) is 20.6. The van der Waals surface area contributed by atoms with Crippen LogP contribution in [0.3, 0.4) is 0 Å². The number of rotatable bonds is 7. The third-order valence-corrected chi connectivity index (χ3v) is 7.54. The molecule has 2 atom stereocenters. The van der Waals surface area contributed by atoms with Gasteiger partial charge in [0, 0.05) is 53.3 Å². The lowest BCUT2D eigenvalue weighted by atomic mass is 9.99. The molecule has 0 N–H and O–H groups in total. The fourth-order valence-electron chi connectivity index (χ4n) is 5.83. The fraction of sp³-hybridized carbons (Fsp3) is 0.571. The van der Waals surface area contributed by atoms with Crippen LogP contribution in [0.5, 0.6) is 11.5 Å². The SMILES string of the molecule is CCn1c2ccc(OCC3CCCN(C)C3)cc2c2cc(OCC3CCCN(C)C3)ccc21. The van der Waals surface area contributed by atoms with Crippen LogP contribution < -0.4 is 9.47 Å². The Bertz CT molecular complexity index is 1010. The van der Waals surface area contributed by atoms with E-state index in [9.17, 15) is 0 Å². The van der Waals surface area contributed by atoms with Gasteiger partial charge in [0.05, 0.1) is 13.2 Å². The van der Waals surface area contributed by atoms with Gasteiger partial charge in [-0.1, -0.05) is 0 Å². The lowest BCUT2D eigenvalue weighted by molar-refractivity contribution is 0.150. The van der Waals surface area contributed by atoms with Crippen molar-refractivity contribution in [3.8, 4) is 11.5 Å². The van der Waals surface area contributed by atoms with E-state index in [1.807, 2.05) is 0 Å². The molecular formula is C28H39N3O2. The number of benzene rings is 2. The first kappa shape index (κ1) is 22.5. The minimum Gasteiger partial charge on any atom is -0.493 e. The van der Waals surface area contributed by atoms with Crippen molar-refractivity contribution in [2.45, 2.75) is 39.2 Å². The summed E-state index contributed by atoms with van der Waals surface area (Å²) in [5, 5.41) is 2.51. The summed E-state index contributed by atoms with van der Waals surface area (Å²) in [5.41, 5.74) is 2.53. The second kappa shape index (κ2) is 9.94. The lowest BCUT2D eigenvalue weighted by Gasteiger charge is -2.29. The highest BCUT2D eigenvalue weighted by atomic mass is 16.5. The zero-order chi connectivity index (χ0) is 22.8. The molecule has 5 rings (SSSR count). The molecule has 0 saturated carbocycles. The topological polar surface area (TPSA) is 29.9 Å².